The van der Waals surface area contributed by atoms with Crippen molar-refractivity contribution in [1.29, 1.82) is 0 Å². The molecule has 0 bridgehead atoms. The third kappa shape index (κ3) is 3.20. The van der Waals surface area contributed by atoms with E-state index in [-0.39, 0.29) is 5.82 Å². The normalized spacial score (nSPS) is 21.0. The molecule has 0 N–H and O–H groups in total. The fraction of sp³-hybridized carbons (Fsp3) is 0.500. The number of likely N-dealkylation sites (tertiary alicyclic amines) is 1. The Kier molecular flexibility index (Phi) is 4.41. The second kappa shape index (κ2) is 5.83. The van der Waals surface area contributed by atoms with Crippen molar-refractivity contribution in [3.05, 3.63) is 42.1 Å². The summed E-state index contributed by atoms with van der Waals surface area (Å²) in [5.74, 6) is 0.859. The molecule has 1 heterocycles. The summed E-state index contributed by atoms with van der Waals surface area (Å²) in [7, 11) is 0. The molecule has 92 valence electrons. The summed E-state index contributed by atoms with van der Waals surface area (Å²) < 4.78 is 13.2. The second-order valence-corrected chi connectivity index (χ2v) is 4.98. The Balaban J connectivity index is 2.02. The highest BCUT2D eigenvalue weighted by Gasteiger charge is 2.24. The van der Waals surface area contributed by atoms with E-state index in [0.29, 0.717) is 17.4 Å². The van der Waals surface area contributed by atoms with Crippen LogP contribution < -0.4 is 0 Å². The van der Waals surface area contributed by atoms with Crippen molar-refractivity contribution in [3.8, 4) is 0 Å². The van der Waals surface area contributed by atoms with Crippen LogP contribution in [0.25, 0.3) is 0 Å². The van der Waals surface area contributed by atoms with Crippen LogP contribution in [0, 0.1) is 12.7 Å². The van der Waals surface area contributed by atoms with Gasteiger partial charge in [-0.2, -0.15) is 0 Å². The van der Waals surface area contributed by atoms with E-state index in [1.165, 1.54) is 6.07 Å². The first-order chi connectivity index (χ1) is 8.20. The lowest BCUT2D eigenvalue weighted by Crippen LogP contribution is -2.22. The molecule has 0 spiro atoms. The standard InChI is InChI=1S/C14H17ClFN/c1-11-3-4-13(16)9-14(11)12-5-8-17(10-12)7-2-6-15/h1,3-4,9,12H,2,5-8,10H2. The first-order valence-electron chi connectivity index (χ1n) is 6.04. The van der Waals surface area contributed by atoms with Gasteiger partial charge in [0.1, 0.15) is 5.82 Å². The van der Waals surface area contributed by atoms with Crippen LogP contribution in [0.2, 0.25) is 0 Å². The highest BCUT2D eigenvalue weighted by atomic mass is 35.5. The minimum atomic E-state index is -0.201. The van der Waals surface area contributed by atoms with Crippen molar-refractivity contribution >= 4 is 11.6 Å². The Hall–Kier alpha value is -0.600. The number of benzene rings is 1. The van der Waals surface area contributed by atoms with E-state index in [4.69, 9.17) is 18.5 Å². The molecule has 1 atom stereocenters. The maximum absolute atomic E-state index is 13.2. The molecule has 17 heavy (non-hydrogen) atoms. The molecule has 1 aliphatic rings. The van der Waals surface area contributed by atoms with Gasteiger partial charge < -0.3 is 4.90 Å². The SMILES string of the molecule is [CH]c1ccc(F)cc1C1CCN(CCCCl)C1. The summed E-state index contributed by atoms with van der Waals surface area (Å²) in [4.78, 5) is 2.37. The highest BCUT2D eigenvalue weighted by molar-refractivity contribution is 6.17. The molecule has 1 saturated heterocycles. The molecule has 1 aromatic carbocycles. The Morgan fingerprint density at radius 3 is 3.06 bits per heavy atom. The topological polar surface area (TPSA) is 3.24 Å². The van der Waals surface area contributed by atoms with Crippen LogP contribution in [0.5, 0.6) is 0 Å². The van der Waals surface area contributed by atoms with Crippen molar-refractivity contribution in [2.75, 3.05) is 25.5 Å². The summed E-state index contributed by atoms with van der Waals surface area (Å²) in [6.45, 7) is 8.95. The zero-order valence-electron chi connectivity index (χ0n) is 9.83. The maximum atomic E-state index is 13.2. The minimum absolute atomic E-state index is 0.201. The van der Waals surface area contributed by atoms with E-state index in [2.05, 4.69) is 4.90 Å². The largest absolute Gasteiger partial charge is 0.303 e. The summed E-state index contributed by atoms with van der Waals surface area (Å²) in [5.41, 5.74) is 1.66. The maximum Gasteiger partial charge on any atom is 0.123 e. The quantitative estimate of drug-likeness (QED) is 0.745. The molecule has 0 saturated carbocycles. The van der Waals surface area contributed by atoms with Gasteiger partial charge in [-0.25, -0.2) is 4.39 Å². The highest BCUT2D eigenvalue weighted by Crippen LogP contribution is 2.29. The molecular weight excluding hydrogens is 237 g/mol. The van der Waals surface area contributed by atoms with Gasteiger partial charge >= 0.3 is 0 Å². The fourth-order valence-corrected chi connectivity index (χ4v) is 2.59. The van der Waals surface area contributed by atoms with Gasteiger partial charge in [-0.15, -0.1) is 11.6 Å². The zero-order valence-corrected chi connectivity index (χ0v) is 10.6. The summed E-state index contributed by atoms with van der Waals surface area (Å²) in [6.07, 6.45) is 2.06. The van der Waals surface area contributed by atoms with Crippen molar-refractivity contribution in [1.82, 2.24) is 4.90 Å². The predicted molar refractivity (Wildman–Crippen MR) is 68.9 cm³/mol. The van der Waals surface area contributed by atoms with E-state index in [1.807, 2.05) is 0 Å². The lowest BCUT2D eigenvalue weighted by Gasteiger charge is -2.16. The molecule has 1 nitrogen and oxygen atoms in total. The van der Waals surface area contributed by atoms with Crippen LogP contribution >= 0.6 is 11.6 Å². The van der Waals surface area contributed by atoms with Crippen LogP contribution in [-0.2, 0) is 0 Å². The molecule has 1 fully saturated rings. The summed E-state index contributed by atoms with van der Waals surface area (Å²) in [6, 6.07) is 4.65. The van der Waals surface area contributed by atoms with Crippen LogP contribution in [0.4, 0.5) is 4.39 Å². The Morgan fingerprint density at radius 1 is 1.47 bits per heavy atom. The lowest BCUT2D eigenvalue weighted by atomic mass is 9.94. The third-order valence-corrected chi connectivity index (χ3v) is 3.64. The Morgan fingerprint density at radius 2 is 2.29 bits per heavy atom. The summed E-state index contributed by atoms with van der Waals surface area (Å²) >= 11 is 5.68. The van der Waals surface area contributed by atoms with Crippen LogP contribution in [-0.4, -0.2) is 30.4 Å². The van der Waals surface area contributed by atoms with Crippen LogP contribution in [0.1, 0.15) is 29.9 Å². The lowest BCUT2D eigenvalue weighted by molar-refractivity contribution is 0.336. The van der Waals surface area contributed by atoms with Gasteiger partial charge in [-0.3, -0.25) is 0 Å². The van der Waals surface area contributed by atoms with Gasteiger partial charge in [0.15, 0.2) is 0 Å². The number of halogens is 2. The van der Waals surface area contributed by atoms with Crippen LogP contribution in [0.15, 0.2) is 18.2 Å². The molecule has 1 unspecified atom stereocenters. The predicted octanol–water partition coefficient (Wildman–Crippen LogP) is 3.30. The molecule has 3 heteroatoms. The monoisotopic (exact) mass is 253 g/mol. The first kappa shape index (κ1) is 12.8. The smallest absolute Gasteiger partial charge is 0.123 e. The number of nitrogens with zero attached hydrogens (tertiary/aromatic N) is 1. The Labute approximate surface area is 108 Å². The van der Waals surface area contributed by atoms with Gasteiger partial charge in [-0.05, 0) is 62.0 Å². The molecular formula is C14H17ClFN. The first-order valence-corrected chi connectivity index (χ1v) is 6.57. The third-order valence-electron chi connectivity index (χ3n) is 3.37. The van der Waals surface area contributed by atoms with E-state index < -0.39 is 0 Å². The van der Waals surface area contributed by atoms with Gasteiger partial charge in [-0.1, -0.05) is 6.07 Å². The molecule has 0 aliphatic carbocycles. The number of alkyl halides is 1. The average molecular weight is 254 g/mol. The van der Waals surface area contributed by atoms with Gasteiger partial charge in [0.25, 0.3) is 0 Å². The second-order valence-electron chi connectivity index (χ2n) is 4.60. The van der Waals surface area contributed by atoms with Crippen LogP contribution in [0.3, 0.4) is 0 Å². The van der Waals surface area contributed by atoms with E-state index >= 15 is 0 Å². The summed E-state index contributed by atoms with van der Waals surface area (Å²) in [5, 5.41) is 0. The van der Waals surface area contributed by atoms with Crippen molar-refractivity contribution in [2.45, 2.75) is 18.8 Å². The minimum Gasteiger partial charge on any atom is -0.303 e. The molecule has 0 amide bonds. The zero-order chi connectivity index (χ0) is 12.3. The fourth-order valence-electron chi connectivity index (χ4n) is 2.47. The van der Waals surface area contributed by atoms with E-state index in [1.54, 1.807) is 12.1 Å². The van der Waals surface area contributed by atoms with Crippen molar-refractivity contribution in [3.63, 3.8) is 0 Å². The number of hydrogen-bond acceptors (Lipinski definition) is 1. The van der Waals surface area contributed by atoms with E-state index in [9.17, 15) is 4.39 Å². The number of hydrogen-bond donors (Lipinski definition) is 0. The average Bonchev–Trinajstić information content (AvgIpc) is 2.78. The molecule has 1 aliphatic heterocycles. The van der Waals surface area contributed by atoms with Crippen molar-refractivity contribution in [2.24, 2.45) is 0 Å². The number of rotatable bonds is 4. The molecule has 1 aromatic rings. The van der Waals surface area contributed by atoms with E-state index in [0.717, 1.165) is 38.0 Å². The van der Waals surface area contributed by atoms with Crippen molar-refractivity contribution < 1.29 is 4.39 Å². The van der Waals surface area contributed by atoms with Gasteiger partial charge in [0.2, 0.25) is 0 Å². The van der Waals surface area contributed by atoms with Gasteiger partial charge in [0.05, 0.1) is 0 Å². The molecule has 2 radical (unpaired) electrons. The van der Waals surface area contributed by atoms with Gasteiger partial charge in [0, 0.05) is 12.4 Å². The molecule has 0 aromatic heterocycles. The Bertz CT molecular complexity index is 380. The molecule has 2 rings (SSSR count).